The molecule has 8 heteroatoms. The SMILES string of the molecule is COCCCN=C(/N=C(\N)c1c(F)cccc1Cl)Nc1ccc(Br)cc1. The number of nitrogens with one attached hydrogen (secondary N) is 1. The molecular weight excluding hydrogens is 423 g/mol. The molecule has 26 heavy (non-hydrogen) atoms. The van der Waals surface area contributed by atoms with Crippen molar-refractivity contribution in [3.63, 3.8) is 0 Å². The molecule has 0 spiro atoms. The quantitative estimate of drug-likeness (QED) is 0.395. The first kappa shape index (κ1) is 20.4. The number of benzene rings is 2. The Morgan fingerprint density at radius 1 is 1.27 bits per heavy atom. The number of aliphatic imine (C=N–C) groups is 2. The van der Waals surface area contributed by atoms with Crippen LogP contribution >= 0.6 is 27.5 Å². The van der Waals surface area contributed by atoms with E-state index in [1.54, 1.807) is 13.2 Å². The van der Waals surface area contributed by atoms with E-state index in [0.717, 1.165) is 16.6 Å². The summed E-state index contributed by atoms with van der Waals surface area (Å²) in [6, 6.07) is 11.8. The van der Waals surface area contributed by atoms with Crippen molar-refractivity contribution in [2.24, 2.45) is 15.7 Å². The standard InChI is InChI=1S/C18H19BrClFN4O/c1-26-11-3-10-23-18(24-13-8-6-12(19)7-9-13)25-17(22)16-14(20)4-2-5-15(16)21/h2,4-9H,3,10-11H2,1H3,(H3,22,23,24,25). The first-order valence-corrected chi connectivity index (χ1v) is 9.03. The summed E-state index contributed by atoms with van der Waals surface area (Å²) in [4.78, 5) is 8.62. The maximum Gasteiger partial charge on any atom is 0.224 e. The molecule has 0 aromatic heterocycles. The minimum absolute atomic E-state index is 0.0522. The number of ether oxygens (including phenoxy) is 1. The Balaban J connectivity index is 2.28. The normalized spacial score (nSPS) is 12.3. The molecule has 0 fully saturated rings. The second kappa shape index (κ2) is 10.3. The third-order valence-corrected chi connectivity index (χ3v) is 4.16. The molecule has 0 aliphatic rings. The van der Waals surface area contributed by atoms with Gasteiger partial charge in [-0.25, -0.2) is 4.39 Å². The van der Waals surface area contributed by atoms with Crippen LogP contribution in [-0.2, 0) is 4.74 Å². The highest BCUT2D eigenvalue weighted by atomic mass is 79.9. The number of hydrogen-bond acceptors (Lipinski definition) is 2. The maximum atomic E-state index is 14.0. The van der Waals surface area contributed by atoms with Gasteiger partial charge in [-0.05, 0) is 42.8 Å². The lowest BCUT2D eigenvalue weighted by Crippen LogP contribution is -2.21. The van der Waals surface area contributed by atoms with E-state index in [0.29, 0.717) is 13.2 Å². The fourth-order valence-electron chi connectivity index (χ4n) is 2.07. The molecule has 0 aliphatic heterocycles. The number of anilines is 1. The zero-order valence-corrected chi connectivity index (χ0v) is 16.5. The molecule has 0 amide bonds. The molecule has 2 rings (SSSR count). The second-order valence-electron chi connectivity index (χ2n) is 5.28. The highest BCUT2D eigenvalue weighted by Crippen LogP contribution is 2.19. The van der Waals surface area contributed by atoms with Crippen LogP contribution in [0.2, 0.25) is 5.02 Å². The summed E-state index contributed by atoms with van der Waals surface area (Å²) in [7, 11) is 1.63. The van der Waals surface area contributed by atoms with Gasteiger partial charge in [0.1, 0.15) is 11.7 Å². The number of hydrogen-bond donors (Lipinski definition) is 2. The number of halogens is 3. The number of guanidine groups is 1. The topological polar surface area (TPSA) is 72.0 Å². The van der Waals surface area contributed by atoms with Gasteiger partial charge in [-0.15, -0.1) is 0 Å². The second-order valence-corrected chi connectivity index (χ2v) is 6.60. The highest BCUT2D eigenvalue weighted by molar-refractivity contribution is 9.10. The summed E-state index contributed by atoms with van der Waals surface area (Å²) in [5.74, 6) is -0.329. The Morgan fingerprint density at radius 3 is 2.65 bits per heavy atom. The van der Waals surface area contributed by atoms with Crippen LogP contribution in [0.3, 0.4) is 0 Å². The van der Waals surface area contributed by atoms with Gasteiger partial charge in [0.25, 0.3) is 0 Å². The highest BCUT2D eigenvalue weighted by Gasteiger charge is 2.12. The van der Waals surface area contributed by atoms with E-state index in [4.69, 9.17) is 22.1 Å². The van der Waals surface area contributed by atoms with Crippen LogP contribution in [0.5, 0.6) is 0 Å². The number of rotatable bonds is 6. The summed E-state index contributed by atoms with van der Waals surface area (Å²) >= 11 is 9.43. The molecule has 0 aliphatic carbocycles. The average Bonchev–Trinajstić information content (AvgIpc) is 2.60. The minimum Gasteiger partial charge on any atom is -0.385 e. The first-order valence-electron chi connectivity index (χ1n) is 7.85. The molecule has 0 heterocycles. The fraction of sp³-hybridized carbons (Fsp3) is 0.222. The van der Waals surface area contributed by atoms with Gasteiger partial charge in [0, 0.05) is 30.4 Å². The van der Waals surface area contributed by atoms with Gasteiger partial charge in [0.05, 0.1) is 10.6 Å². The van der Waals surface area contributed by atoms with Gasteiger partial charge < -0.3 is 15.8 Å². The molecule has 0 atom stereocenters. The van der Waals surface area contributed by atoms with Crippen LogP contribution < -0.4 is 11.1 Å². The van der Waals surface area contributed by atoms with Crippen molar-refractivity contribution in [2.75, 3.05) is 25.6 Å². The Hall–Kier alpha value is -1.96. The van der Waals surface area contributed by atoms with Crippen LogP contribution in [0.25, 0.3) is 0 Å². The van der Waals surface area contributed by atoms with E-state index in [1.165, 1.54) is 12.1 Å². The summed E-state index contributed by atoms with van der Waals surface area (Å²) in [5, 5.41) is 3.27. The number of nitrogens with two attached hydrogens (primary N) is 1. The van der Waals surface area contributed by atoms with Gasteiger partial charge in [-0.2, -0.15) is 4.99 Å². The van der Waals surface area contributed by atoms with Gasteiger partial charge in [-0.1, -0.05) is 33.6 Å². The van der Waals surface area contributed by atoms with Crippen LogP contribution in [0, 0.1) is 5.82 Å². The predicted molar refractivity (Wildman–Crippen MR) is 109 cm³/mol. The molecule has 138 valence electrons. The van der Waals surface area contributed by atoms with Crippen LogP contribution in [0.1, 0.15) is 12.0 Å². The predicted octanol–water partition coefficient (Wildman–Crippen LogP) is 4.45. The first-order chi connectivity index (χ1) is 12.5. The van der Waals surface area contributed by atoms with E-state index in [2.05, 4.69) is 31.2 Å². The van der Waals surface area contributed by atoms with Crippen molar-refractivity contribution in [3.05, 3.63) is 63.3 Å². The fourth-order valence-corrected chi connectivity index (χ4v) is 2.60. The third kappa shape index (κ3) is 6.09. The van der Waals surface area contributed by atoms with Crippen molar-refractivity contribution in [2.45, 2.75) is 6.42 Å². The Bertz CT molecular complexity index is 776. The monoisotopic (exact) mass is 440 g/mol. The van der Waals surface area contributed by atoms with Crippen molar-refractivity contribution >= 4 is 45.0 Å². The van der Waals surface area contributed by atoms with E-state index in [9.17, 15) is 4.39 Å². The number of nitrogens with zero attached hydrogens (tertiary/aromatic N) is 2. The van der Waals surface area contributed by atoms with Gasteiger partial charge >= 0.3 is 0 Å². The van der Waals surface area contributed by atoms with E-state index < -0.39 is 5.82 Å². The molecular formula is C18H19BrClFN4O. The molecule has 5 nitrogen and oxygen atoms in total. The van der Waals surface area contributed by atoms with E-state index >= 15 is 0 Å². The molecule has 0 saturated heterocycles. The number of amidine groups is 1. The average molecular weight is 442 g/mol. The summed E-state index contributed by atoms with van der Waals surface area (Å²) < 4.78 is 20.0. The lowest BCUT2D eigenvalue weighted by Gasteiger charge is -2.09. The molecule has 0 radical (unpaired) electrons. The Labute approximate surface area is 165 Å². The minimum atomic E-state index is -0.541. The largest absolute Gasteiger partial charge is 0.385 e. The molecule has 2 aromatic carbocycles. The lowest BCUT2D eigenvalue weighted by atomic mass is 10.2. The molecule has 0 bridgehead atoms. The molecule has 0 unspecified atom stereocenters. The van der Waals surface area contributed by atoms with Gasteiger partial charge in [0.15, 0.2) is 0 Å². The van der Waals surface area contributed by atoms with E-state index in [-0.39, 0.29) is 22.4 Å². The van der Waals surface area contributed by atoms with Crippen molar-refractivity contribution in [1.82, 2.24) is 0 Å². The van der Waals surface area contributed by atoms with Gasteiger partial charge in [-0.3, -0.25) is 4.99 Å². The molecule has 2 aromatic rings. The molecule has 0 saturated carbocycles. The van der Waals surface area contributed by atoms with Gasteiger partial charge in [0.2, 0.25) is 5.96 Å². The zero-order chi connectivity index (χ0) is 18.9. The maximum absolute atomic E-state index is 14.0. The van der Waals surface area contributed by atoms with Crippen molar-refractivity contribution in [1.29, 1.82) is 0 Å². The van der Waals surface area contributed by atoms with E-state index in [1.807, 2.05) is 24.3 Å². The Kier molecular flexibility index (Phi) is 8.03. The lowest BCUT2D eigenvalue weighted by molar-refractivity contribution is 0.197. The van der Waals surface area contributed by atoms with Crippen LogP contribution in [-0.4, -0.2) is 32.1 Å². The van der Waals surface area contributed by atoms with Crippen molar-refractivity contribution < 1.29 is 9.13 Å². The zero-order valence-electron chi connectivity index (χ0n) is 14.2. The van der Waals surface area contributed by atoms with Crippen molar-refractivity contribution in [3.8, 4) is 0 Å². The number of methoxy groups -OCH3 is 1. The summed E-state index contributed by atoms with van der Waals surface area (Å²) in [6.45, 7) is 1.06. The Morgan fingerprint density at radius 2 is 2.00 bits per heavy atom. The van der Waals surface area contributed by atoms with Crippen LogP contribution in [0.15, 0.2) is 56.9 Å². The smallest absolute Gasteiger partial charge is 0.224 e. The van der Waals surface area contributed by atoms with Crippen LogP contribution in [0.4, 0.5) is 10.1 Å². The summed E-state index contributed by atoms with van der Waals surface area (Å²) in [5.41, 5.74) is 6.80. The molecule has 3 N–H and O–H groups in total. The third-order valence-electron chi connectivity index (χ3n) is 3.31. The summed E-state index contributed by atoms with van der Waals surface area (Å²) in [6.07, 6.45) is 0.720.